The maximum atomic E-state index is 10.9. The number of aryl methyl sites for hydroxylation is 1. The zero-order chi connectivity index (χ0) is 13.3. The van der Waals surface area contributed by atoms with E-state index in [0.29, 0.717) is 17.0 Å². The monoisotopic (exact) mass is 248 g/mol. The fraction of sp³-hybridized carbons (Fsp3) is 0.167. The van der Waals surface area contributed by atoms with Crippen molar-refractivity contribution in [1.82, 2.24) is 4.98 Å². The van der Waals surface area contributed by atoms with Gasteiger partial charge in [-0.15, -0.1) is 0 Å². The van der Waals surface area contributed by atoms with E-state index in [1.807, 2.05) is 0 Å². The van der Waals surface area contributed by atoms with E-state index in [1.165, 1.54) is 7.11 Å². The Balaban J connectivity index is 2.49. The number of rotatable bonds is 3. The lowest BCUT2D eigenvalue weighted by Gasteiger charge is -2.04. The number of nitrogens with two attached hydrogens (primary N) is 1. The fourth-order valence-corrected chi connectivity index (χ4v) is 1.56. The van der Waals surface area contributed by atoms with Crippen LogP contribution in [0.15, 0.2) is 22.6 Å². The summed E-state index contributed by atoms with van der Waals surface area (Å²) in [5, 5.41) is 8.90. The quantitative estimate of drug-likeness (QED) is 0.805. The molecule has 1 aromatic carbocycles. The number of oxazole rings is 1. The van der Waals surface area contributed by atoms with E-state index in [4.69, 9.17) is 20.0 Å². The first-order valence-corrected chi connectivity index (χ1v) is 5.17. The number of carboxylic acids is 1. The molecule has 3 N–H and O–H groups in total. The first-order chi connectivity index (χ1) is 8.52. The number of ether oxygens (including phenoxy) is 1. The molecule has 0 aliphatic heterocycles. The van der Waals surface area contributed by atoms with Crippen LogP contribution in [-0.4, -0.2) is 23.2 Å². The second kappa shape index (κ2) is 4.40. The Morgan fingerprint density at radius 1 is 1.50 bits per heavy atom. The van der Waals surface area contributed by atoms with Gasteiger partial charge in [0.1, 0.15) is 11.5 Å². The van der Waals surface area contributed by atoms with Crippen molar-refractivity contribution in [3.63, 3.8) is 0 Å². The largest absolute Gasteiger partial charge is 0.495 e. The highest BCUT2D eigenvalue weighted by atomic mass is 16.5. The molecular formula is C12H12N2O4. The molecule has 0 unspecified atom stereocenters. The lowest BCUT2D eigenvalue weighted by Crippen LogP contribution is -1.98. The van der Waals surface area contributed by atoms with Crippen molar-refractivity contribution in [3.05, 3.63) is 29.7 Å². The van der Waals surface area contributed by atoms with Gasteiger partial charge in [-0.2, -0.15) is 0 Å². The molecule has 2 aromatic rings. The molecule has 0 aliphatic rings. The van der Waals surface area contributed by atoms with Crippen LogP contribution < -0.4 is 10.5 Å². The second-order valence-corrected chi connectivity index (χ2v) is 3.69. The van der Waals surface area contributed by atoms with Crippen molar-refractivity contribution < 1.29 is 19.1 Å². The van der Waals surface area contributed by atoms with Crippen molar-refractivity contribution >= 4 is 11.7 Å². The first kappa shape index (κ1) is 12.0. The maximum absolute atomic E-state index is 10.9. The zero-order valence-electron chi connectivity index (χ0n) is 9.93. The van der Waals surface area contributed by atoms with Crippen molar-refractivity contribution in [2.24, 2.45) is 0 Å². The number of hydrogen-bond donors (Lipinski definition) is 2. The van der Waals surface area contributed by atoms with Gasteiger partial charge >= 0.3 is 5.97 Å². The summed E-state index contributed by atoms with van der Waals surface area (Å²) in [6, 6.07) is 4.98. The van der Waals surface area contributed by atoms with E-state index in [2.05, 4.69) is 4.98 Å². The smallest absolute Gasteiger partial charge is 0.358 e. The molecule has 2 rings (SSSR count). The van der Waals surface area contributed by atoms with Crippen molar-refractivity contribution in [1.29, 1.82) is 0 Å². The molecule has 0 fully saturated rings. The Kier molecular flexibility index (Phi) is 2.93. The van der Waals surface area contributed by atoms with E-state index in [-0.39, 0.29) is 17.3 Å². The molecule has 0 radical (unpaired) electrons. The maximum Gasteiger partial charge on any atom is 0.358 e. The molecule has 18 heavy (non-hydrogen) atoms. The van der Waals surface area contributed by atoms with Gasteiger partial charge in [-0.25, -0.2) is 9.78 Å². The topological polar surface area (TPSA) is 98.6 Å². The molecule has 0 aliphatic carbocycles. The highest BCUT2D eigenvalue weighted by Crippen LogP contribution is 2.29. The van der Waals surface area contributed by atoms with E-state index in [0.717, 1.165) is 0 Å². The number of methoxy groups -OCH3 is 1. The van der Waals surface area contributed by atoms with Gasteiger partial charge in [0.05, 0.1) is 12.8 Å². The normalized spacial score (nSPS) is 10.3. The third-order valence-corrected chi connectivity index (χ3v) is 2.48. The number of carboxylic acid groups (broad SMARTS) is 1. The van der Waals surface area contributed by atoms with Crippen LogP contribution in [0, 0.1) is 6.92 Å². The van der Waals surface area contributed by atoms with Crippen LogP contribution in [0.2, 0.25) is 0 Å². The molecule has 0 spiro atoms. The zero-order valence-corrected chi connectivity index (χ0v) is 9.93. The number of anilines is 1. The number of aromatic carboxylic acids is 1. The third kappa shape index (κ3) is 2.00. The Hall–Kier alpha value is -2.50. The van der Waals surface area contributed by atoms with Gasteiger partial charge in [0.25, 0.3) is 0 Å². The molecule has 6 nitrogen and oxygen atoms in total. The van der Waals surface area contributed by atoms with Crippen LogP contribution in [0.5, 0.6) is 5.75 Å². The van der Waals surface area contributed by atoms with Crippen molar-refractivity contribution in [3.8, 4) is 17.2 Å². The molecule has 0 atom stereocenters. The average Bonchev–Trinajstić information content (AvgIpc) is 2.72. The summed E-state index contributed by atoms with van der Waals surface area (Å²) in [4.78, 5) is 14.8. The van der Waals surface area contributed by atoms with Gasteiger partial charge in [0.15, 0.2) is 5.69 Å². The third-order valence-electron chi connectivity index (χ3n) is 2.48. The summed E-state index contributed by atoms with van der Waals surface area (Å²) in [5.74, 6) is -0.151. The number of hydrogen-bond acceptors (Lipinski definition) is 5. The summed E-state index contributed by atoms with van der Waals surface area (Å²) >= 11 is 0. The van der Waals surface area contributed by atoms with E-state index in [1.54, 1.807) is 25.1 Å². The number of nitrogens with zero attached hydrogens (tertiary/aromatic N) is 1. The van der Waals surface area contributed by atoms with Crippen LogP contribution in [0.1, 0.15) is 16.2 Å². The predicted octanol–water partition coefficient (Wildman–Crippen LogP) is 1.94. The molecule has 0 bridgehead atoms. The molecule has 94 valence electrons. The van der Waals surface area contributed by atoms with Gasteiger partial charge in [-0.3, -0.25) is 0 Å². The molecule has 0 saturated heterocycles. The van der Waals surface area contributed by atoms with E-state index < -0.39 is 5.97 Å². The van der Waals surface area contributed by atoms with Gasteiger partial charge in [-0.05, 0) is 25.1 Å². The van der Waals surface area contributed by atoms with Gasteiger partial charge in [0.2, 0.25) is 5.89 Å². The summed E-state index contributed by atoms with van der Waals surface area (Å²) in [6.45, 7) is 1.55. The van der Waals surface area contributed by atoms with E-state index >= 15 is 0 Å². The van der Waals surface area contributed by atoms with Crippen molar-refractivity contribution in [2.45, 2.75) is 6.92 Å². The van der Waals surface area contributed by atoms with Gasteiger partial charge < -0.3 is 20.0 Å². The van der Waals surface area contributed by atoms with Crippen LogP contribution in [0.3, 0.4) is 0 Å². The van der Waals surface area contributed by atoms with Crippen LogP contribution in [0.4, 0.5) is 5.69 Å². The van der Waals surface area contributed by atoms with E-state index in [9.17, 15) is 4.79 Å². The average molecular weight is 248 g/mol. The fourth-order valence-electron chi connectivity index (χ4n) is 1.56. The van der Waals surface area contributed by atoms with Crippen LogP contribution in [0.25, 0.3) is 11.5 Å². The van der Waals surface area contributed by atoms with Crippen LogP contribution in [-0.2, 0) is 0 Å². The molecule has 1 heterocycles. The SMILES string of the molecule is COc1cc(-c2nc(C(=O)O)c(C)o2)ccc1N. The summed E-state index contributed by atoms with van der Waals surface area (Å²) < 4.78 is 10.4. The van der Waals surface area contributed by atoms with Gasteiger partial charge in [0, 0.05) is 5.56 Å². The second-order valence-electron chi connectivity index (χ2n) is 3.69. The Morgan fingerprint density at radius 3 is 2.78 bits per heavy atom. The molecule has 0 amide bonds. The highest BCUT2D eigenvalue weighted by Gasteiger charge is 2.17. The number of aromatic nitrogens is 1. The van der Waals surface area contributed by atoms with Crippen molar-refractivity contribution in [2.75, 3.05) is 12.8 Å². The molecule has 1 aromatic heterocycles. The molecule has 0 saturated carbocycles. The summed E-state index contributed by atoms with van der Waals surface area (Å²) in [6.07, 6.45) is 0. The lowest BCUT2D eigenvalue weighted by atomic mass is 10.2. The molecule has 6 heteroatoms. The molecular weight excluding hydrogens is 236 g/mol. The minimum Gasteiger partial charge on any atom is -0.495 e. The first-order valence-electron chi connectivity index (χ1n) is 5.17. The van der Waals surface area contributed by atoms with Crippen LogP contribution >= 0.6 is 0 Å². The Bertz CT molecular complexity index is 604. The number of benzene rings is 1. The Labute approximate surface area is 103 Å². The number of nitrogen functional groups attached to an aromatic ring is 1. The highest BCUT2D eigenvalue weighted by molar-refractivity contribution is 5.87. The summed E-state index contributed by atoms with van der Waals surface area (Å²) in [7, 11) is 1.50. The predicted molar refractivity (Wildman–Crippen MR) is 64.6 cm³/mol. The summed E-state index contributed by atoms with van der Waals surface area (Å²) in [5.41, 5.74) is 6.69. The number of carbonyl (C=O) groups is 1. The Morgan fingerprint density at radius 2 is 2.22 bits per heavy atom. The lowest BCUT2D eigenvalue weighted by molar-refractivity contribution is 0.0689. The standard InChI is InChI=1S/C12H12N2O4/c1-6-10(12(15)16)14-11(18-6)7-3-4-8(13)9(5-7)17-2/h3-5H,13H2,1-2H3,(H,15,16). The minimum absolute atomic E-state index is 0.0965. The minimum atomic E-state index is -1.12. The van der Waals surface area contributed by atoms with Gasteiger partial charge in [-0.1, -0.05) is 0 Å².